The average molecular weight is 582 g/mol. The molecule has 0 spiro atoms. The summed E-state index contributed by atoms with van der Waals surface area (Å²) in [5, 5.41) is 5.84. The van der Waals surface area contributed by atoms with E-state index >= 15 is 4.39 Å². The van der Waals surface area contributed by atoms with Crippen LogP contribution in [0.4, 0.5) is 16.2 Å². The highest BCUT2D eigenvalue weighted by Gasteiger charge is 2.48. The minimum absolute atomic E-state index is 0.00239. The molecule has 4 rings (SSSR count). The van der Waals surface area contributed by atoms with E-state index in [-0.39, 0.29) is 24.4 Å². The van der Waals surface area contributed by atoms with Crippen LogP contribution in [-0.2, 0) is 30.6 Å². The standard InChI is InChI=1S/C24H33FN7O5PS/c1-14(2)35-22(33)16(4)31-38(39,37-17-9-7-6-8-10-17)34-12-24(25)11-15(3)21(36-24)32-13-28-18-19(27-5)29-23(26)30-20(18)32/h6-10,13-16,21H,11-12H2,1-5H3,(H,31,39)(H3,26,27,29,30)/t15-,16-,21+,24-,38+/m0/s1. The van der Waals surface area contributed by atoms with E-state index in [1.54, 1.807) is 56.7 Å². The van der Waals surface area contributed by atoms with Gasteiger partial charge < -0.3 is 29.6 Å². The third kappa shape index (κ3) is 6.82. The minimum Gasteiger partial charge on any atom is -0.462 e. The molecule has 15 heteroatoms. The van der Waals surface area contributed by atoms with Gasteiger partial charge in [0, 0.05) is 19.4 Å². The molecule has 3 aromatic rings. The molecule has 0 bridgehead atoms. The zero-order chi connectivity index (χ0) is 28.4. The van der Waals surface area contributed by atoms with Crippen LogP contribution in [0.1, 0.15) is 40.3 Å². The third-order valence-electron chi connectivity index (χ3n) is 5.87. The summed E-state index contributed by atoms with van der Waals surface area (Å²) in [4.78, 5) is 25.2. The lowest BCUT2D eigenvalue weighted by atomic mass is 10.1. The first-order chi connectivity index (χ1) is 18.4. The number of esters is 1. The van der Waals surface area contributed by atoms with Crippen molar-refractivity contribution in [2.45, 2.75) is 58.3 Å². The van der Waals surface area contributed by atoms with Gasteiger partial charge >= 0.3 is 12.6 Å². The van der Waals surface area contributed by atoms with Crippen molar-refractivity contribution in [1.82, 2.24) is 24.6 Å². The van der Waals surface area contributed by atoms with E-state index in [4.69, 9.17) is 36.1 Å². The summed E-state index contributed by atoms with van der Waals surface area (Å²) < 4.78 is 40.8. The van der Waals surface area contributed by atoms with Crippen LogP contribution in [0.3, 0.4) is 0 Å². The maximum atomic E-state index is 16.1. The Morgan fingerprint density at radius 3 is 2.72 bits per heavy atom. The molecule has 39 heavy (non-hydrogen) atoms. The number of nitrogens with one attached hydrogen (secondary N) is 2. The molecule has 0 unspecified atom stereocenters. The number of anilines is 2. The number of nitrogen functional groups attached to an aromatic ring is 1. The van der Waals surface area contributed by atoms with Crippen LogP contribution in [0, 0.1) is 5.92 Å². The maximum absolute atomic E-state index is 16.1. The smallest absolute Gasteiger partial charge is 0.323 e. The predicted octanol–water partition coefficient (Wildman–Crippen LogP) is 3.92. The van der Waals surface area contributed by atoms with Gasteiger partial charge in [0.15, 0.2) is 17.0 Å². The lowest BCUT2D eigenvalue weighted by Crippen LogP contribution is -2.37. The zero-order valence-corrected chi connectivity index (χ0v) is 24.0. The Kier molecular flexibility index (Phi) is 8.72. The van der Waals surface area contributed by atoms with Crippen molar-refractivity contribution in [3.63, 3.8) is 0 Å². The average Bonchev–Trinajstić information content (AvgIpc) is 3.42. The number of halogens is 1. The molecule has 5 atom stereocenters. The Hall–Kier alpha value is -2.90. The van der Waals surface area contributed by atoms with Gasteiger partial charge in [-0.1, -0.05) is 25.1 Å². The summed E-state index contributed by atoms with van der Waals surface area (Å²) in [6, 6.07) is 7.86. The van der Waals surface area contributed by atoms with Gasteiger partial charge in [-0.3, -0.25) is 9.36 Å². The quantitative estimate of drug-likeness (QED) is 0.223. The lowest BCUT2D eigenvalue weighted by Gasteiger charge is -2.29. The van der Waals surface area contributed by atoms with Crippen LogP contribution in [0.2, 0.25) is 0 Å². The van der Waals surface area contributed by atoms with E-state index in [1.165, 1.54) is 6.33 Å². The van der Waals surface area contributed by atoms with E-state index in [0.29, 0.717) is 22.7 Å². The molecule has 0 saturated carbocycles. The first-order valence-corrected chi connectivity index (χ1v) is 15.1. The molecule has 1 aliphatic rings. The molecule has 1 saturated heterocycles. The molecule has 0 amide bonds. The van der Waals surface area contributed by atoms with Gasteiger partial charge in [0.25, 0.3) is 0 Å². The highest BCUT2D eigenvalue weighted by Crippen LogP contribution is 2.49. The van der Waals surface area contributed by atoms with Crippen LogP contribution >= 0.6 is 6.64 Å². The number of hydrogen-bond donors (Lipinski definition) is 3. The van der Waals surface area contributed by atoms with Crippen molar-refractivity contribution in [3.05, 3.63) is 36.7 Å². The van der Waals surface area contributed by atoms with Crippen LogP contribution in [0.15, 0.2) is 36.7 Å². The fraction of sp³-hybridized carbons (Fsp3) is 0.500. The molecule has 0 radical (unpaired) electrons. The molecule has 3 heterocycles. The van der Waals surface area contributed by atoms with Crippen LogP contribution in [0.5, 0.6) is 5.75 Å². The second-order valence-corrected chi connectivity index (χ2v) is 12.7. The summed E-state index contributed by atoms with van der Waals surface area (Å²) in [5.41, 5.74) is 6.75. The van der Waals surface area contributed by atoms with Crippen molar-refractivity contribution in [2.75, 3.05) is 24.7 Å². The Bertz CT molecular complexity index is 1360. The number of aromatic nitrogens is 4. The normalized spacial score (nSPS) is 23.5. The van der Waals surface area contributed by atoms with Gasteiger partial charge in [0.1, 0.15) is 24.6 Å². The van der Waals surface area contributed by atoms with Crippen LogP contribution in [-0.4, -0.2) is 57.1 Å². The topological polar surface area (TPSA) is 148 Å². The van der Waals surface area contributed by atoms with E-state index in [1.807, 2.05) is 13.0 Å². The van der Waals surface area contributed by atoms with E-state index in [9.17, 15) is 4.79 Å². The van der Waals surface area contributed by atoms with Crippen molar-refractivity contribution in [1.29, 1.82) is 0 Å². The number of carbonyl (C=O) groups excluding carboxylic acids is 1. The van der Waals surface area contributed by atoms with Gasteiger partial charge in [0.05, 0.1) is 12.4 Å². The van der Waals surface area contributed by atoms with Crippen molar-refractivity contribution >= 4 is 47.3 Å². The molecular formula is C24H33FN7O5PS. The summed E-state index contributed by atoms with van der Waals surface area (Å²) in [6.45, 7) is 2.92. The second kappa shape index (κ2) is 11.7. The molecule has 12 nitrogen and oxygen atoms in total. The maximum Gasteiger partial charge on any atom is 0.323 e. The third-order valence-corrected chi connectivity index (χ3v) is 8.35. The van der Waals surface area contributed by atoms with E-state index in [2.05, 4.69) is 25.4 Å². The van der Waals surface area contributed by atoms with Crippen LogP contribution < -0.4 is 20.7 Å². The number of imidazole rings is 1. The number of carbonyl (C=O) groups is 1. The van der Waals surface area contributed by atoms with Crippen LogP contribution in [0.25, 0.3) is 11.2 Å². The fourth-order valence-corrected chi connectivity index (χ4v) is 6.61. The molecule has 1 aromatic carbocycles. The summed E-state index contributed by atoms with van der Waals surface area (Å²) in [6.07, 6.45) is 0.449. The highest BCUT2D eigenvalue weighted by atomic mass is 32.5. The Morgan fingerprint density at radius 2 is 2.05 bits per heavy atom. The Morgan fingerprint density at radius 1 is 1.33 bits per heavy atom. The number of alkyl halides is 1. The molecule has 1 fully saturated rings. The number of nitrogens with zero attached hydrogens (tertiary/aromatic N) is 4. The number of rotatable bonds is 11. The summed E-state index contributed by atoms with van der Waals surface area (Å²) >= 11 is 5.69. The molecule has 1 aliphatic heterocycles. The Labute approximate surface area is 231 Å². The first-order valence-electron chi connectivity index (χ1n) is 12.4. The summed E-state index contributed by atoms with van der Waals surface area (Å²) in [7, 11) is 1.69. The highest BCUT2D eigenvalue weighted by molar-refractivity contribution is 8.09. The zero-order valence-electron chi connectivity index (χ0n) is 22.3. The number of hydrogen-bond acceptors (Lipinski definition) is 11. The number of benzene rings is 1. The second-order valence-electron chi connectivity index (χ2n) is 9.59. The number of fused-ring (bicyclic) bond motifs is 1. The SMILES string of the molecule is CNc1nc(N)nc2c1ncn2[C@@H]1O[C@](F)(CO[P@](=S)(N[C@@H](C)C(=O)OC(C)C)Oc2ccccc2)C[C@@H]1C. The molecular weight excluding hydrogens is 548 g/mol. The molecule has 212 valence electrons. The molecule has 2 aromatic heterocycles. The largest absolute Gasteiger partial charge is 0.462 e. The molecule has 0 aliphatic carbocycles. The minimum atomic E-state index is -3.45. The van der Waals surface area contributed by atoms with Gasteiger partial charge in [-0.2, -0.15) is 9.97 Å². The molecule has 4 N–H and O–H groups in total. The predicted molar refractivity (Wildman–Crippen MR) is 148 cm³/mol. The lowest BCUT2D eigenvalue weighted by molar-refractivity contribution is -0.172. The van der Waals surface area contributed by atoms with E-state index in [0.717, 1.165) is 0 Å². The number of nitrogens with two attached hydrogens (primary N) is 1. The van der Waals surface area contributed by atoms with Gasteiger partial charge in [-0.05, 0) is 44.7 Å². The number of ether oxygens (including phenoxy) is 2. The van der Waals surface area contributed by atoms with Crippen molar-refractivity contribution < 1.29 is 27.7 Å². The summed E-state index contributed by atoms with van der Waals surface area (Å²) in [5.74, 6) is -2.12. The first kappa shape index (κ1) is 29.1. The van der Waals surface area contributed by atoms with Gasteiger partial charge in [-0.15, -0.1) is 0 Å². The van der Waals surface area contributed by atoms with E-state index < -0.39 is 37.3 Å². The monoisotopic (exact) mass is 581 g/mol. The van der Waals surface area contributed by atoms with Gasteiger partial charge in [0.2, 0.25) is 11.8 Å². The van der Waals surface area contributed by atoms with Gasteiger partial charge in [-0.25, -0.2) is 14.5 Å². The Balaban J connectivity index is 1.53. The van der Waals surface area contributed by atoms with Crippen molar-refractivity contribution in [3.8, 4) is 5.75 Å². The fourth-order valence-electron chi connectivity index (χ4n) is 4.20. The number of para-hydroxylation sites is 1. The van der Waals surface area contributed by atoms with Crippen molar-refractivity contribution in [2.24, 2.45) is 5.92 Å².